The van der Waals surface area contributed by atoms with E-state index in [9.17, 15) is 14.3 Å². The first-order valence-electron chi connectivity index (χ1n) is 12.4. The minimum Gasteiger partial charge on any atom is -0.445 e. The number of nitrogens with two attached hydrogens (primary N) is 1. The summed E-state index contributed by atoms with van der Waals surface area (Å²) in [5.74, 6) is 0.0824. The van der Waals surface area contributed by atoms with Crippen LogP contribution in [0.5, 0.6) is 0 Å². The second-order valence-corrected chi connectivity index (χ2v) is 11.4. The van der Waals surface area contributed by atoms with Gasteiger partial charge in [0.1, 0.15) is 12.4 Å². The Balaban J connectivity index is 1.71. The fourth-order valence-corrected chi connectivity index (χ4v) is 4.78. The quantitative estimate of drug-likeness (QED) is 0.514. The Bertz CT molecular complexity index is 1100. The minimum absolute atomic E-state index is 0.0137. The van der Waals surface area contributed by atoms with Crippen molar-refractivity contribution in [1.29, 1.82) is 0 Å². The second-order valence-electron chi connectivity index (χ2n) is 11.4. The molecule has 0 aliphatic carbocycles. The van der Waals surface area contributed by atoms with E-state index in [0.717, 1.165) is 5.71 Å². The van der Waals surface area contributed by atoms with Crippen molar-refractivity contribution in [3.8, 4) is 11.1 Å². The predicted molar refractivity (Wildman–Crippen MR) is 140 cm³/mol. The van der Waals surface area contributed by atoms with Gasteiger partial charge in [0.2, 0.25) is 5.95 Å². The number of piperidine rings is 1. The molecule has 2 heterocycles. The number of hydrogen-bond donors (Lipinski definition) is 2. The van der Waals surface area contributed by atoms with Gasteiger partial charge in [-0.15, -0.1) is 0 Å². The summed E-state index contributed by atoms with van der Waals surface area (Å²) in [6, 6.07) is 4.88. The molecule has 0 unspecified atom stereocenters. The molecule has 0 spiro atoms. The molecular weight excluding hydrogens is 477 g/mol. The number of carbonyl (C=O) groups excluding carboxylic acids is 1. The molecule has 1 aromatic heterocycles. The van der Waals surface area contributed by atoms with E-state index in [-0.39, 0.29) is 18.8 Å². The molecule has 0 atom stereocenters. The van der Waals surface area contributed by atoms with Gasteiger partial charge in [-0.05, 0) is 0 Å². The number of carbonyl (C=O) groups is 1. The zero-order chi connectivity index (χ0) is 27.4. The predicted octanol–water partition coefficient (Wildman–Crippen LogP) is 4.67. The Morgan fingerprint density at radius 2 is 1.70 bits per heavy atom. The molecule has 1 amide bonds. The largest absolute Gasteiger partial charge is 0.445 e. The minimum atomic E-state index is -0.902. The van der Waals surface area contributed by atoms with Crippen LogP contribution in [0.4, 0.5) is 15.1 Å². The highest BCUT2D eigenvalue weighted by molar-refractivity contribution is 5.86. The number of rotatable bonds is 7. The first-order valence-corrected chi connectivity index (χ1v) is 12.4. The van der Waals surface area contributed by atoms with Gasteiger partial charge in [0.25, 0.3) is 0 Å². The van der Waals surface area contributed by atoms with Gasteiger partial charge in [-0.3, -0.25) is 0 Å². The number of halogens is 1. The SMILES string of the molecule is CC(C)(C)C(COC(N)=O)(ON=C1CCN(c2ncc(-c3cccc(CO)c3F)cn2)CC1)C(C)(C)C. The molecule has 10 heteroatoms. The lowest BCUT2D eigenvalue weighted by Crippen LogP contribution is -2.58. The molecular formula is C27H38FN5O4. The van der Waals surface area contributed by atoms with Gasteiger partial charge in [-0.1, -0.05) is 64.9 Å². The molecule has 3 N–H and O–H groups in total. The van der Waals surface area contributed by atoms with Crippen LogP contribution in [0.2, 0.25) is 0 Å². The van der Waals surface area contributed by atoms with Crippen LogP contribution in [0.25, 0.3) is 11.1 Å². The molecule has 2 aromatic rings. The molecule has 3 rings (SSSR count). The van der Waals surface area contributed by atoms with E-state index in [2.05, 4.69) is 15.1 Å². The topological polar surface area (TPSA) is 123 Å². The van der Waals surface area contributed by atoms with Crippen molar-refractivity contribution in [1.82, 2.24) is 9.97 Å². The molecule has 37 heavy (non-hydrogen) atoms. The third kappa shape index (κ3) is 6.18. The number of primary amides is 1. The van der Waals surface area contributed by atoms with Gasteiger partial charge in [0.15, 0.2) is 5.60 Å². The maximum atomic E-state index is 14.6. The van der Waals surface area contributed by atoms with E-state index in [1.807, 2.05) is 46.4 Å². The van der Waals surface area contributed by atoms with E-state index in [0.29, 0.717) is 43.0 Å². The van der Waals surface area contributed by atoms with Gasteiger partial charge >= 0.3 is 6.09 Å². The van der Waals surface area contributed by atoms with E-state index in [4.69, 9.17) is 15.3 Å². The van der Waals surface area contributed by atoms with Gasteiger partial charge in [0, 0.05) is 65.8 Å². The Morgan fingerprint density at radius 1 is 1.11 bits per heavy atom. The van der Waals surface area contributed by atoms with Gasteiger partial charge < -0.3 is 25.3 Å². The van der Waals surface area contributed by atoms with Crippen molar-refractivity contribution < 1.29 is 23.9 Å². The molecule has 1 aromatic carbocycles. The highest BCUT2D eigenvalue weighted by Crippen LogP contribution is 2.47. The number of oxime groups is 1. The summed E-state index contributed by atoms with van der Waals surface area (Å²) in [4.78, 5) is 28.6. The molecule has 1 fully saturated rings. The second kappa shape index (κ2) is 11.0. The van der Waals surface area contributed by atoms with Crippen molar-refractivity contribution in [2.45, 2.75) is 66.6 Å². The van der Waals surface area contributed by atoms with Crippen molar-refractivity contribution in [3.05, 3.63) is 42.0 Å². The average molecular weight is 516 g/mol. The average Bonchev–Trinajstić information content (AvgIpc) is 2.83. The van der Waals surface area contributed by atoms with Crippen LogP contribution >= 0.6 is 0 Å². The number of amides is 1. The maximum absolute atomic E-state index is 14.6. The van der Waals surface area contributed by atoms with Crippen molar-refractivity contribution in [2.24, 2.45) is 21.7 Å². The molecule has 1 aliphatic heterocycles. The van der Waals surface area contributed by atoms with Crippen LogP contribution < -0.4 is 10.6 Å². The van der Waals surface area contributed by atoms with Crippen molar-refractivity contribution >= 4 is 17.8 Å². The fraction of sp³-hybridized carbons (Fsp3) is 0.556. The molecule has 0 bridgehead atoms. The lowest BCUT2D eigenvalue weighted by molar-refractivity contribution is -0.202. The Kier molecular flexibility index (Phi) is 8.42. The molecule has 202 valence electrons. The van der Waals surface area contributed by atoms with Crippen molar-refractivity contribution in [3.63, 3.8) is 0 Å². The van der Waals surface area contributed by atoms with Crippen LogP contribution in [0, 0.1) is 16.6 Å². The first kappa shape index (κ1) is 28.3. The van der Waals surface area contributed by atoms with Crippen LogP contribution in [0.15, 0.2) is 35.7 Å². The Hall–Kier alpha value is -3.27. The van der Waals surface area contributed by atoms with Crippen LogP contribution in [-0.2, 0) is 16.2 Å². The van der Waals surface area contributed by atoms with Crippen molar-refractivity contribution in [2.75, 3.05) is 24.6 Å². The lowest BCUT2D eigenvalue weighted by Gasteiger charge is -2.50. The Morgan fingerprint density at radius 3 is 2.22 bits per heavy atom. The molecule has 1 saturated heterocycles. The summed E-state index contributed by atoms with van der Waals surface area (Å²) in [7, 11) is 0. The number of aliphatic hydroxyl groups excluding tert-OH is 1. The summed E-state index contributed by atoms with van der Waals surface area (Å²) >= 11 is 0. The Labute approximate surface area is 217 Å². The van der Waals surface area contributed by atoms with E-state index < -0.39 is 28.3 Å². The number of aromatic nitrogens is 2. The van der Waals surface area contributed by atoms with Gasteiger partial charge in [-0.2, -0.15) is 0 Å². The number of ether oxygens (including phenoxy) is 1. The summed E-state index contributed by atoms with van der Waals surface area (Å²) in [5.41, 5.74) is 5.57. The van der Waals surface area contributed by atoms with E-state index in [1.54, 1.807) is 30.6 Å². The number of benzene rings is 1. The molecule has 9 nitrogen and oxygen atoms in total. The third-order valence-electron chi connectivity index (χ3n) is 6.99. The fourth-order valence-electron chi connectivity index (χ4n) is 4.78. The standard InChI is InChI=1S/C27H38FN5O4/c1-25(2,3)27(26(4,5)6,17-36-23(29)35)37-32-20-10-12-33(13-11-20)24-30-14-19(15-31-24)21-9-7-8-18(16-34)22(21)28/h7-9,14-15,34H,10-13,16-17H2,1-6H3,(H2,29,35). The summed E-state index contributed by atoms with van der Waals surface area (Å²) in [6.45, 7) is 13.1. The maximum Gasteiger partial charge on any atom is 0.404 e. The van der Waals surface area contributed by atoms with E-state index >= 15 is 0 Å². The van der Waals surface area contributed by atoms with Gasteiger partial charge in [0.05, 0.1) is 12.3 Å². The monoisotopic (exact) mass is 515 g/mol. The summed E-state index contributed by atoms with van der Waals surface area (Å²) in [5, 5.41) is 13.8. The van der Waals surface area contributed by atoms with Crippen LogP contribution in [0.3, 0.4) is 0 Å². The molecule has 0 saturated carbocycles. The number of aliphatic hydroxyl groups is 1. The van der Waals surface area contributed by atoms with Gasteiger partial charge in [-0.25, -0.2) is 19.2 Å². The number of anilines is 1. The smallest absolute Gasteiger partial charge is 0.404 e. The first-order chi connectivity index (χ1) is 17.3. The lowest BCUT2D eigenvalue weighted by atomic mass is 9.63. The summed E-state index contributed by atoms with van der Waals surface area (Å²) in [6.07, 6.45) is 3.64. The number of hydrogen-bond acceptors (Lipinski definition) is 8. The third-order valence-corrected chi connectivity index (χ3v) is 6.99. The highest BCUT2D eigenvalue weighted by Gasteiger charge is 2.55. The highest BCUT2D eigenvalue weighted by atomic mass is 19.1. The van der Waals surface area contributed by atoms with E-state index in [1.165, 1.54) is 0 Å². The van der Waals surface area contributed by atoms with Crippen LogP contribution in [0.1, 0.15) is 59.9 Å². The molecule has 1 aliphatic rings. The number of nitrogens with zero attached hydrogens (tertiary/aromatic N) is 4. The zero-order valence-corrected chi connectivity index (χ0v) is 22.5. The summed E-state index contributed by atoms with van der Waals surface area (Å²) < 4.78 is 19.8. The molecule has 0 radical (unpaired) electrons. The van der Waals surface area contributed by atoms with Crippen LogP contribution in [-0.4, -0.2) is 52.2 Å². The zero-order valence-electron chi connectivity index (χ0n) is 22.5. The normalized spacial score (nSPS) is 14.9.